The Morgan fingerprint density at radius 1 is 1.47 bits per heavy atom. The van der Waals surface area contributed by atoms with Gasteiger partial charge in [-0.2, -0.15) is 0 Å². The van der Waals surface area contributed by atoms with Gasteiger partial charge >= 0.3 is 5.97 Å². The number of nitro groups is 1. The number of methoxy groups -OCH3 is 1. The fraction of sp³-hybridized carbons (Fsp3) is 0.364. The number of nitro benzene ring substituents is 1. The summed E-state index contributed by atoms with van der Waals surface area (Å²) in [5.74, 6) is -0.280. The summed E-state index contributed by atoms with van der Waals surface area (Å²) < 4.78 is 4.56. The summed E-state index contributed by atoms with van der Waals surface area (Å²) in [7, 11) is 1.29. The highest BCUT2D eigenvalue weighted by Crippen LogP contribution is 2.24. The topological polar surface area (TPSA) is 69.4 Å². The average molecular weight is 258 g/mol. The number of alkyl halides is 1. The highest BCUT2D eigenvalue weighted by molar-refractivity contribution is 6.17. The number of esters is 1. The lowest BCUT2D eigenvalue weighted by molar-refractivity contribution is -0.385. The molecule has 17 heavy (non-hydrogen) atoms. The van der Waals surface area contributed by atoms with Gasteiger partial charge in [0.05, 0.1) is 18.5 Å². The van der Waals surface area contributed by atoms with Gasteiger partial charge in [0.1, 0.15) is 0 Å². The molecule has 0 unspecified atom stereocenters. The molecule has 0 saturated heterocycles. The maximum absolute atomic E-state index is 11.2. The largest absolute Gasteiger partial charge is 0.469 e. The lowest BCUT2D eigenvalue weighted by Crippen LogP contribution is -2.07. The fourth-order valence-electron chi connectivity index (χ4n) is 1.51. The maximum atomic E-state index is 11.2. The molecule has 5 nitrogen and oxygen atoms in total. The molecular weight excluding hydrogens is 246 g/mol. The van der Waals surface area contributed by atoms with Gasteiger partial charge in [-0.3, -0.25) is 14.9 Å². The van der Waals surface area contributed by atoms with Gasteiger partial charge in [0.15, 0.2) is 0 Å². The van der Waals surface area contributed by atoms with E-state index < -0.39 is 10.9 Å². The molecule has 1 rings (SSSR count). The second-order valence-electron chi connectivity index (χ2n) is 3.55. The van der Waals surface area contributed by atoms with Gasteiger partial charge in [-0.05, 0) is 24.1 Å². The van der Waals surface area contributed by atoms with E-state index in [1.165, 1.54) is 13.2 Å². The molecule has 92 valence electrons. The second kappa shape index (κ2) is 5.63. The third kappa shape index (κ3) is 3.17. The van der Waals surface area contributed by atoms with Crippen LogP contribution in [0.4, 0.5) is 5.69 Å². The van der Waals surface area contributed by atoms with Crippen molar-refractivity contribution in [2.75, 3.05) is 7.11 Å². The maximum Gasteiger partial charge on any atom is 0.309 e. The monoisotopic (exact) mass is 257 g/mol. The van der Waals surface area contributed by atoms with Crippen LogP contribution in [0.2, 0.25) is 0 Å². The van der Waals surface area contributed by atoms with Crippen LogP contribution in [-0.2, 0) is 21.8 Å². The van der Waals surface area contributed by atoms with Crippen LogP contribution in [0, 0.1) is 17.0 Å². The summed E-state index contributed by atoms with van der Waals surface area (Å²) in [6.07, 6.45) is 0.0669. The van der Waals surface area contributed by atoms with Crippen LogP contribution in [-0.4, -0.2) is 18.0 Å². The quantitative estimate of drug-likeness (QED) is 0.359. The minimum atomic E-state index is -0.465. The molecule has 0 heterocycles. The normalized spacial score (nSPS) is 10.1. The zero-order valence-electron chi connectivity index (χ0n) is 9.53. The summed E-state index contributed by atoms with van der Waals surface area (Å²) in [6.45, 7) is 1.62. The van der Waals surface area contributed by atoms with E-state index in [4.69, 9.17) is 11.6 Å². The number of ether oxygens (including phenoxy) is 1. The molecule has 0 aliphatic rings. The number of carbonyl (C=O) groups excluding carboxylic acids is 1. The van der Waals surface area contributed by atoms with Crippen molar-refractivity contribution in [2.24, 2.45) is 0 Å². The van der Waals surface area contributed by atoms with E-state index in [2.05, 4.69) is 4.74 Å². The summed E-state index contributed by atoms with van der Waals surface area (Å²) in [6, 6.07) is 3.01. The molecule has 0 spiro atoms. The molecule has 0 amide bonds. The van der Waals surface area contributed by atoms with E-state index >= 15 is 0 Å². The molecule has 0 aromatic heterocycles. The predicted molar refractivity (Wildman–Crippen MR) is 63.1 cm³/mol. The Kier molecular flexibility index (Phi) is 4.45. The van der Waals surface area contributed by atoms with Crippen LogP contribution >= 0.6 is 11.6 Å². The van der Waals surface area contributed by atoms with Crippen LogP contribution in [0.25, 0.3) is 0 Å². The van der Waals surface area contributed by atoms with Gasteiger partial charge in [0.2, 0.25) is 0 Å². The van der Waals surface area contributed by atoms with Crippen molar-refractivity contribution in [1.82, 2.24) is 0 Å². The third-order valence-corrected chi connectivity index (χ3v) is 2.71. The molecule has 0 saturated carbocycles. The van der Waals surface area contributed by atoms with Crippen molar-refractivity contribution in [3.63, 3.8) is 0 Å². The van der Waals surface area contributed by atoms with Crippen molar-refractivity contribution in [3.05, 3.63) is 38.9 Å². The van der Waals surface area contributed by atoms with Gasteiger partial charge in [-0.1, -0.05) is 0 Å². The van der Waals surface area contributed by atoms with Crippen LogP contribution in [0.3, 0.4) is 0 Å². The van der Waals surface area contributed by atoms with Gasteiger partial charge < -0.3 is 4.74 Å². The Morgan fingerprint density at radius 3 is 2.59 bits per heavy atom. The van der Waals surface area contributed by atoms with Crippen LogP contribution in [0.1, 0.15) is 16.7 Å². The molecule has 0 N–H and O–H groups in total. The molecular formula is C11H12ClNO4. The fourth-order valence-corrected chi connectivity index (χ4v) is 1.76. The number of benzene rings is 1. The Labute approximate surface area is 103 Å². The van der Waals surface area contributed by atoms with Crippen LogP contribution < -0.4 is 0 Å². The van der Waals surface area contributed by atoms with Crippen molar-refractivity contribution in [1.29, 1.82) is 0 Å². The number of aryl methyl sites for hydroxylation is 1. The summed E-state index contributed by atoms with van der Waals surface area (Å²) >= 11 is 5.71. The van der Waals surface area contributed by atoms with Crippen molar-refractivity contribution in [2.45, 2.75) is 19.2 Å². The van der Waals surface area contributed by atoms with E-state index in [0.29, 0.717) is 16.7 Å². The van der Waals surface area contributed by atoms with Crippen molar-refractivity contribution in [3.8, 4) is 0 Å². The SMILES string of the molecule is COC(=O)Cc1cc(C)c([N+](=O)[O-])cc1CCl. The van der Waals surface area contributed by atoms with Crippen molar-refractivity contribution >= 4 is 23.3 Å². The molecule has 0 aliphatic carbocycles. The molecule has 6 heteroatoms. The van der Waals surface area contributed by atoms with Crippen molar-refractivity contribution < 1.29 is 14.5 Å². The van der Waals surface area contributed by atoms with E-state index in [-0.39, 0.29) is 18.0 Å². The zero-order valence-corrected chi connectivity index (χ0v) is 10.3. The number of hydrogen-bond donors (Lipinski definition) is 0. The van der Waals surface area contributed by atoms with E-state index in [0.717, 1.165) is 0 Å². The Balaban J connectivity index is 3.18. The van der Waals surface area contributed by atoms with E-state index in [1.807, 2.05) is 0 Å². The molecule has 0 aliphatic heterocycles. The second-order valence-corrected chi connectivity index (χ2v) is 3.82. The first-order valence-electron chi connectivity index (χ1n) is 4.89. The number of hydrogen-bond acceptors (Lipinski definition) is 4. The Morgan fingerprint density at radius 2 is 2.12 bits per heavy atom. The third-order valence-electron chi connectivity index (χ3n) is 2.42. The molecule has 1 aromatic carbocycles. The van der Waals surface area contributed by atoms with Gasteiger partial charge in [0.25, 0.3) is 5.69 Å². The van der Waals surface area contributed by atoms with Crippen LogP contribution in [0.15, 0.2) is 12.1 Å². The lowest BCUT2D eigenvalue weighted by atomic mass is 10.0. The number of carbonyl (C=O) groups is 1. The first kappa shape index (κ1) is 13.4. The highest BCUT2D eigenvalue weighted by atomic mass is 35.5. The first-order valence-corrected chi connectivity index (χ1v) is 5.42. The van der Waals surface area contributed by atoms with Gasteiger partial charge in [-0.25, -0.2) is 0 Å². The number of rotatable bonds is 4. The number of halogens is 1. The minimum absolute atomic E-state index is 0.00858. The Bertz CT molecular complexity index is 459. The summed E-state index contributed by atoms with van der Waals surface area (Å²) in [5, 5.41) is 10.8. The molecule has 0 atom stereocenters. The average Bonchev–Trinajstić information content (AvgIpc) is 2.28. The van der Waals surface area contributed by atoms with E-state index in [9.17, 15) is 14.9 Å². The smallest absolute Gasteiger partial charge is 0.309 e. The van der Waals surface area contributed by atoms with E-state index in [1.54, 1.807) is 13.0 Å². The minimum Gasteiger partial charge on any atom is -0.469 e. The standard InChI is InChI=1S/C11H12ClNO4/c1-7-3-8(5-11(14)17-2)9(6-12)4-10(7)13(15)16/h3-4H,5-6H2,1-2H3. The lowest BCUT2D eigenvalue weighted by Gasteiger charge is -2.08. The van der Waals surface area contributed by atoms with Gasteiger partial charge in [0, 0.05) is 17.5 Å². The highest BCUT2D eigenvalue weighted by Gasteiger charge is 2.16. The molecule has 1 aromatic rings. The first-order chi connectivity index (χ1) is 7.99. The molecule has 0 bridgehead atoms. The Hall–Kier alpha value is -1.62. The molecule has 0 radical (unpaired) electrons. The summed E-state index contributed by atoms with van der Waals surface area (Å²) in [5.41, 5.74) is 1.75. The predicted octanol–water partition coefficient (Wildman–Crippen LogP) is 2.36. The summed E-state index contributed by atoms with van der Waals surface area (Å²) in [4.78, 5) is 21.5. The number of nitrogens with zero attached hydrogens (tertiary/aromatic N) is 1. The van der Waals surface area contributed by atoms with Gasteiger partial charge in [-0.15, -0.1) is 11.6 Å². The zero-order chi connectivity index (χ0) is 13.0. The van der Waals surface area contributed by atoms with Crippen LogP contribution in [0.5, 0.6) is 0 Å². The molecule has 0 fully saturated rings.